The minimum Gasteiger partial charge on any atom is -0.317 e. The molecular formula is C7H8N2OS. The smallest absolute Gasteiger partial charge is 0.247 e. The Bertz CT molecular complexity index is 261. The predicted molar refractivity (Wildman–Crippen MR) is 44.5 cm³/mol. The van der Waals surface area contributed by atoms with E-state index in [1.54, 1.807) is 22.9 Å². The van der Waals surface area contributed by atoms with Crippen molar-refractivity contribution in [3.05, 3.63) is 23.8 Å². The normalized spacial score (nSPS) is 35.2. The highest BCUT2D eigenvalue weighted by atomic mass is 32.2. The van der Waals surface area contributed by atoms with Gasteiger partial charge in [0.2, 0.25) is 5.91 Å². The molecule has 1 fully saturated rings. The van der Waals surface area contributed by atoms with Crippen LogP contribution in [0.15, 0.2) is 23.8 Å². The van der Waals surface area contributed by atoms with Crippen LogP contribution in [-0.4, -0.2) is 22.2 Å². The molecule has 4 heteroatoms. The summed E-state index contributed by atoms with van der Waals surface area (Å²) in [6.45, 7) is 3.78. The number of allylic oxidation sites excluding steroid dienone is 1. The summed E-state index contributed by atoms with van der Waals surface area (Å²) in [5, 5.41) is 0.0972. The molecule has 0 spiro atoms. The van der Waals surface area contributed by atoms with E-state index in [9.17, 15) is 4.79 Å². The number of rotatable bonds is 0. The summed E-state index contributed by atoms with van der Waals surface area (Å²) < 4.78 is 0. The molecule has 58 valence electrons. The molecule has 2 rings (SSSR count). The standard InChI is InChI=1S/C7H8N2OS/c1-4-2-3-9-6(10)5(8)7(9)11-4/h2-3,5,7H,1,8H2/t5?,7-/m0/s1. The van der Waals surface area contributed by atoms with Gasteiger partial charge >= 0.3 is 0 Å². The molecule has 0 bridgehead atoms. The predicted octanol–water partition coefficient (Wildman–Crippen LogP) is 0.256. The number of amides is 1. The Morgan fingerprint density at radius 3 is 3.18 bits per heavy atom. The van der Waals surface area contributed by atoms with Crippen LogP contribution >= 0.6 is 11.8 Å². The number of carbonyl (C=O) groups is 1. The summed E-state index contributed by atoms with van der Waals surface area (Å²) >= 11 is 1.55. The fraction of sp³-hybridized carbons (Fsp3) is 0.286. The molecule has 2 N–H and O–H groups in total. The van der Waals surface area contributed by atoms with Crippen molar-refractivity contribution < 1.29 is 4.79 Å². The molecule has 0 aromatic heterocycles. The Morgan fingerprint density at radius 1 is 1.73 bits per heavy atom. The largest absolute Gasteiger partial charge is 0.317 e. The molecule has 3 nitrogen and oxygen atoms in total. The van der Waals surface area contributed by atoms with Crippen LogP contribution in [0.3, 0.4) is 0 Å². The van der Waals surface area contributed by atoms with Gasteiger partial charge in [-0.25, -0.2) is 0 Å². The topological polar surface area (TPSA) is 46.3 Å². The highest BCUT2D eigenvalue weighted by molar-refractivity contribution is 8.04. The first kappa shape index (κ1) is 6.94. The van der Waals surface area contributed by atoms with E-state index in [-0.39, 0.29) is 17.3 Å². The van der Waals surface area contributed by atoms with Crippen LogP contribution in [0.25, 0.3) is 0 Å². The van der Waals surface area contributed by atoms with E-state index in [0.717, 1.165) is 4.91 Å². The molecule has 1 saturated heterocycles. The zero-order chi connectivity index (χ0) is 8.01. The van der Waals surface area contributed by atoms with Crippen LogP contribution in [0.1, 0.15) is 0 Å². The number of thioether (sulfide) groups is 1. The van der Waals surface area contributed by atoms with Gasteiger partial charge in [0.25, 0.3) is 0 Å². The van der Waals surface area contributed by atoms with Crippen LogP contribution in [-0.2, 0) is 4.79 Å². The molecule has 0 aliphatic carbocycles. The Morgan fingerprint density at radius 2 is 2.45 bits per heavy atom. The van der Waals surface area contributed by atoms with Crippen molar-refractivity contribution in [3.8, 4) is 0 Å². The summed E-state index contributed by atoms with van der Waals surface area (Å²) in [5.41, 5.74) is 5.55. The summed E-state index contributed by atoms with van der Waals surface area (Å²) in [6.07, 6.45) is 3.57. The molecule has 2 aliphatic rings. The second kappa shape index (κ2) is 2.12. The van der Waals surface area contributed by atoms with Gasteiger partial charge in [0.1, 0.15) is 11.4 Å². The van der Waals surface area contributed by atoms with E-state index in [4.69, 9.17) is 5.73 Å². The third kappa shape index (κ3) is 0.829. The molecule has 2 heterocycles. The summed E-state index contributed by atoms with van der Waals surface area (Å²) in [4.78, 5) is 13.6. The van der Waals surface area contributed by atoms with Crippen molar-refractivity contribution in [1.29, 1.82) is 0 Å². The number of fused-ring (bicyclic) bond motifs is 1. The Kier molecular flexibility index (Phi) is 1.34. The van der Waals surface area contributed by atoms with Gasteiger partial charge in [0, 0.05) is 11.1 Å². The van der Waals surface area contributed by atoms with Gasteiger partial charge in [-0.2, -0.15) is 0 Å². The lowest BCUT2D eigenvalue weighted by Gasteiger charge is -2.44. The Balaban J connectivity index is 2.23. The first-order valence-corrected chi connectivity index (χ1v) is 4.19. The quantitative estimate of drug-likeness (QED) is 0.528. The maximum absolute atomic E-state index is 11.0. The monoisotopic (exact) mass is 168 g/mol. The van der Waals surface area contributed by atoms with Crippen molar-refractivity contribution in [2.75, 3.05) is 0 Å². The first-order valence-electron chi connectivity index (χ1n) is 3.31. The second-order valence-electron chi connectivity index (χ2n) is 2.56. The maximum Gasteiger partial charge on any atom is 0.247 e. The zero-order valence-corrected chi connectivity index (χ0v) is 6.67. The molecule has 0 saturated carbocycles. The highest BCUT2D eigenvalue weighted by Gasteiger charge is 2.45. The van der Waals surface area contributed by atoms with E-state index in [1.807, 2.05) is 6.08 Å². The van der Waals surface area contributed by atoms with Gasteiger partial charge < -0.3 is 10.6 Å². The molecule has 0 aromatic carbocycles. The van der Waals surface area contributed by atoms with Gasteiger partial charge in [0.15, 0.2) is 0 Å². The lowest BCUT2D eigenvalue weighted by Crippen LogP contribution is -2.65. The van der Waals surface area contributed by atoms with Crippen LogP contribution in [0, 0.1) is 0 Å². The van der Waals surface area contributed by atoms with E-state index >= 15 is 0 Å². The van der Waals surface area contributed by atoms with Crippen LogP contribution < -0.4 is 5.73 Å². The number of hydrogen-bond donors (Lipinski definition) is 1. The minimum atomic E-state index is -0.332. The van der Waals surface area contributed by atoms with E-state index in [2.05, 4.69) is 6.58 Å². The lowest BCUT2D eigenvalue weighted by molar-refractivity contribution is -0.140. The van der Waals surface area contributed by atoms with Crippen molar-refractivity contribution in [2.24, 2.45) is 5.73 Å². The average molecular weight is 168 g/mol. The van der Waals surface area contributed by atoms with Crippen molar-refractivity contribution in [3.63, 3.8) is 0 Å². The number of nitrogens with two attached hydrogens (primary N) is 1. The molecule has 11 heavy (non-hydrogen) atoms. The van der Waals surface area contributed by atoms with Crippen LogP contribution in [0.2, 0.25) is 0 Å². The molecule has 2 atom stereocenters. The van der Waals surface area contributed by atoms with Gasteiger partial charge in [-0.15, -0.1) is 0 Å². The van der Waals surface area contributed by atoms with Gasteiger partial charge in [-0.3, -0.25) is 4.79 Å². The van der Waals surface area contributed by atoms with E-state index < -0.39 is 0 Å². The molecular weight excluding hydrogens is 160 g/mol. The van der Waals surface area contributed by atoms with Gasteiger partial charge in [0.05, 0.1) is 0 Å². The number of hydrogen-bond acceptors (Lipinski definition) is 3. The minimum absolute atomic E-state index is 0.00579. The fourth-order valence-corrected chi connectivity index (χ4v) is 2.16. The molecule has 2 aliphatic heterocycles. The van der Waals surface area contributed by atoms with Gasteiger partial charge in [-0.1, -0.05) is 18.3 Å². The Labute approximate surface area is 68.9 Å². The molecule has 0 radical (unpaired) electrons. The number of nitrogens with zero attached hydrogens (tertiary/aromatic N) is 1. The van der Waals surface area contributed by atoms with Gasteiger partial charge in [-0.05, 0) is 6.08 Å². The second-order valence-corrected chi connectivity index (χ2v) is 3.80. The third-order valence-electron chi connectivity index (χ3n) is 1.81. The highest BCUT2D eigenvalue weighted by Crippen LogP contribution is 2.37. The number of carbonyl (C=O) groups excluding carboxylic acids is 1. The zero-order valence-electron chi connectivity index (χ0n) is 5.86. The van der Waals surface area contributed by atoms with E-state index in [0.29, 0.717) is 0 Å². The summed E-state index contributed by atoms with van der Waals surface area (Å²) in [7, 11) is 0. The molecule has 1 amide bonds. The fourth-order valence-electron chi connectivity index (χ4n) is 1.16. The van der Waals surface area contributed by atoms with Crippen LogP contribution in [0.5, 0.6) is 0 Å². The van der Waals surface area contributed by atoms with Crippen molar-refractivity contribution in [1.82, 2.24) is 4.90 Å². The van der Waals surface area contributed by atoms with Crippen molar-refractivity contribution in [2.45, 2.75) is 11.4 Å². The van der Waals surface area contributed by atoms with Crippen LogP contribution in [0.4, 0.5) is 0 Å². The first-order chi connectivity index (χ1) is 5.20. The summed E-state index contributed by atoms with van der Waals surface area (Å²) in [5.74, 6) is 0.00579. The third-order valence-corrected chi connectivity index (χ3v) is 3.01. The Hall–Kier alpha value is -0.740. The average Bonchev–Trinajstić information content (AvgIpc) is 2.03. The van der Waals surface area contributed by atoms with E-state index in [1.165, 1.54) is 0 Å². The SMILES string of the molecule is C=C1C=CN2C(=O)C(N)[C@@H]2S1. The molecule has 0 aromatic rings. The maximum atomic E-state index is 11.0. The summed E-state index contributed by atoms with van der Waals surface area (Å²) in [6, 6.07) is -0.332. The van der Waals surface area contributed by atoms with Crippen molar-refractivity contribution >= 4 is 17.7 Å². The number of β-lactam (4-membered cyclic amide) rings is 1. The lowest BCUT2D eigenvalue weighted by atomic mass is 10.1. The molecule has 1 unspecified atom stereocenters.